The number of aliphatic hydroxyl groups excluding tert-OH is 1. The van der Waals surface area contributed by atoms with Crippen molar-refractivity contribution in [3.05, 3.63) is 42.5 Å². The van der Waals surface area contributed by atoms with E-state index >= 15 is 0 Å². The van der Waals surface area contributed by atoms with Crippen molar-refractivity contribution in [3.63, 3.8) is 0 Å². The number of rotatable bonds is 11. The summed E-state index contributed by atoms with van der Waals surface area (Å²) in [7, 11) is 0. The Bertz CT molecular complexity index is 881. The van der Waals surface area contributed by atoms with Gasteiger partial charge in [0.05, 0.1) is 25.2 Å². The molecule has 8 heteroatoms. The van der Waals surface area contributed by atoms with Crippen LogP contribution in [-0.4, -0.2) is 50.7 Å². The average molecular weight is 412 g/mol. The van der Waals surface area contributed by atoms with Crippen LogP contribution in [0.2, 0.25) is 0 Å². The highest BCUT2D eigenvalue weighted by Crippen LogP contribution is 2.31. The van der Waals surface area contributed by atoms with Gasteiger partial charge in [0.15, 0.2) is 0 Å². The Morgan fingerprint density at radius 2 is 2.00 bits per heavy atom. The van der Waals surface area contributed by atoms with Crippen LogP contribution >= 0.6 is 0 Å². The quantitative estimate of drug-likeness (QED) is 0.555. The van der Waals surface area contributed by atoms with Gasteiger partial charge < -0.3 is 19.3 Å². The van der Waals surface area contributed by atoms with Crippen molar-refractivity contribution >= 4 is 17.6 Å². The number of unbranched alkanes of at least 4 members (excludes halogenated alkanes) is 5. The van der Waals surface area contributed by atoms with Crippen LogP contribution in [0.3, 0.4) is 0 Å². The molecule has 1 atom stereocenters. The molecule has 2 aromatic rings. The van der Waals surface area contributed by atoms with E-state index in [9.17, 15) is 9.90 Å². The first-order valence-electron chi connectivity index (χ1n) is 10.7. The lowest BCUT2D eigenvalue weighted by molar-refractivity contribution is -0.122. The van der Waals surface area contributed by atoms with Crippen LogP contribution < -0.4 is 10.1 Å². The molecular formula is C22H29N5O3. The number of aliphatic hydroxyl groups is 1. The van der Waals surface area contributed by atoms with Crippen molar-refractivity contribution in [2.75, 3.05) is 13.2 Å². The smallest absolute Gasteiger partial charge is 0.251 e. The molecule has 4 rings (SSSR count). The van der Waals surface area contributed by atoms with Gasteiger partial charge >= 0.3 is 0 Å². The SMILES string of the molecule is O=C1NC2=Nc3ccc(OCCCCCCCCn4ccnc4)cc3CN2C1CO. The molecule has 1 aromatic carbocycles. The van der Waals surface area contributed by atoms with Gasteiger partial charge in [0.1, 0.15) is 11.8 Å². The largest absolute Gasteiger partial charge is 0.494 e. The van der Waals surface area contributed by atoms with Gasteiger partial charge in [0, 0.05) is 31.0 Å². The zero-order valence-electron chi connectivity index (χ0n) is 17.2. The molecule has 0 aliphatic carbocycles. The third kappa shape index (κ3) is 4.81. The molecule has 0 saturated carbocycles. The lowest BCUT2D eigenvalue weighted by Crippen LogP contribution is -2.39. The minimum absolute atomic E-state index is 0.206. The Balaban J connectivity index is 1.15. The first-order chi connectivity index (χ1) is 14.7. The lowest BCUT2D eigenvalue weighted by Gasteiger charge is -2.27. The number of carbonyl (C=O) groups excluding carboxylic acids is 1. The van der Waals surface area contributed by atoms with E-state index in [0.717, 1.165) is 30.0 Å². The number of hydrogen-bond acceptors (Lipinski definition) is 6. The number of hydrogen-bond donors (Lipinski definition) is 2. The highest BCUT2D eigenvalue weighted by molar-refractivity contribution is 6.07. The van der Waals surface area contributed by atoms with Crippen LogP contribution in [0.4, 0.5) is 5.69 Å². The Morgan fingerprint density at radius 3 is 2.80 bits per heavy atom. The summed E-state index contributed by atoms with van der Waals surface area (Å²) in [5.74, 6) is 1.14. The number of ether oxygens (including phenoxy) is 1. The molecule has 160 valence electrons. The van der Waals surface area contributed by atoms with Crippen LogP contribution in [0.25, 0.3) is 0 Å². The molecule has 2 N–H and O–H groups in total. The Hall–Kier alpha value is -2.87. The van der Waals surface area contributed by atoms with Crippen LogP contribution in [0.15, 0.2) is 41.9 Å². The molecule has 2 aliphatic heterocycles. The summed E-state index contributed by atoms with van der Waals surface area (Å²) in [6, 6.07) is 5.27. The second kappa shape index (κ2) is 9.75. The van der Waals surface area contributed by atoms with E-state index < -0.39 is 6.04 Å². The van der Waals surface area contributed by atoms with Crippen molar-refractivity contribution in [2.45, 2.75) is 57.7 Å². The number of benzene rings is 1. The first-order valence-corrected chi connectivity index (χ1v) is 10.7. The molecular weight excluding hydrogens is 382 g/mol. The highest BCUT2D eigenvalue weighted by atomic mass is 16.5. The van der Waals surface area contributed by atoms with Gasteiger partial charge in [-0.1, -0.05) is 25.7 Å². The Morgan fingerprint density at radius 1 is 1.17 bits per heavy atom. The van der Waals surface area contributed by atoms with Crippen LogP contribution in [-0.2, 0) is 17.9 Å². The monoisotopic (exact) mass is 411 g/mol. The third-order valence-electron chi connectivity index (χ3n) is 5.62. The number of amides is 1. The van der Waals surface area contributed by atoms with E-state index in [1.807, 2.05) is 36.9 Å². The zero-order valence-corrected chi connectivity index (χ0v) is 17.2. The molecule has 8 nitrogen and oxygen atoms in total. The summed E-state index contributed by atoms with van der Waals surface area (Å²) in [4.78, 5) is 22.3. The van der Waals surface area contributed by atoms with Crippen molar-refractivity contribution in [2.24, 2.45) is 4.99 Å². The topological polar surface area (TPSA) is 92.0 Å². The zero-order chi connectivity index (χ0) is 20.8. The number of nitrogens with zero attached hydrogens (tertiary/aromatic N) is 4. The maximum Gasteiger partial charge on any atom is 0.251 e. The lowest BCUT2D eigenvalue weighted by atomic mass is 10.1. The summed E-state index contributed by atoms with van der Waals surface area (Å²) in [6.07, 6.45) is 12.8. The molecule has 1 unspecified atom stereocenters. The second-order valence-electron chi connectivity index (χ2n) is 7.81. The van der Waals surface area contributed by atoms with Gasteiger partial charge in [-0.05, 0) is 31.0 Å². The van der Waals surface area contributed by atoms with E-state index in [1.54, 1.807) is 4.90 Å². The average Bonchev–Trinajstić information content (AvgIpc) is 3.37. The van der Waals surface area contributed by atoms with E-state index in [4.69, 9.17) is 4.74 Å². The highest BCUT2D eigenvalue weighted by Gasteiger charge is 2.38. The minimum Gasteiger partial charge on any atom is -0.494 e. The Labute approximate surface area is 176 Å². The molecule has 3 heterocycles. The van der Waals surface area contributed by atoms with Gasteiger partial charge in [-0.25, -0.2) is 9.98 Å². The molecule has 1 saturated heterocycles. The predicted molar refractivity (Wildman–Crippen MR) is 114 cm³/mol. The van der Waals surface area contributed by atoms with Gasteiger partial charge in [-0.15, -0.1) is 0 Å². The molecule has 1 aromatic heterocycles. The maximum atomic E-state index is 11.9. The molecule has 0 spiro atoms. The van der Waals surface area contributed by atoms with E-state index in [-0.39, 0.29) is 12.5 Å². The van der Waals surface area contributed by atoms with Crippen molar-refractivity contribution in [1.29, 1.82) is 0 Å². The van der Waals surface area contributed by atoms with Gasteiger partial charge in [-0.2, -0.15) is 0 Å². The molecule has 0 radical (unpaired) electrons. The number of aliphatic imine (C=N–C) groups is 1. The summed E-state index contributed by atoms with van der Waals surface area (Å²) in [6.45, 7) is 2.06. The van der Waals surface area contributed by atoms with Crippen molar-refractivity contribution in [3.8, 4) is 5.75 Å². The molecule has 30 heavy (non-hydrogen) atoms. The van der Waals surface area contributed by atoms with Crippen LogP contribution in [0.1, 0.15) is 44.1 Å². The van der Waals surface area contributed by atoms with Crippen molar-refractivity contribution < 1.29 is 14.6 Å². The fourth-order valence-electron chi connectivity index (χ4n) is 3.91. The van der Waals surface area contributed by atoms with E-state index in [0.29, 0.717) is 19.1 Å². The number of aryl methyl sites for hydroxylation is 1. The molecule has 2 aliphatic rings. The van der Waals surface area contributed by atoms with Crippen LogP contribution in [0, 0.1) is 0 Å². The minimum atomic E-state index is -0.568. The molecule has 1 fully saturated rings. The number of guanidine groups is 1. The summed E-state index contributed by atoms with van der Waals surface area (Å²) >= 11 is 0. The van der Waals surface area contributed by atoms with Crippen LogP contribution in [0.5, 0.6) is 5.75 Å². The predicted octanol–water partition coefficient (Wildman–Crippen LogP) is 2.60. The van der Waals surface area contributed by atoms with Gasteiger partial charge in [0.25, 0.3) is 5.91 Å². The summed E-state index contributed by atoms with van der Waals surface area (Å²) in [5.41, 5.74) is 1.84. The number of aromatic nitrogens is 2. The molecule has 1 amide bonds. The normalized spacial score (nSPS) is 17.4. The first kappa shape index (κ1) is 20.4. The summed E-state index contributed by atoms with van der Waals surface area (Å²) in [5, 5.41) is 12.2. The number of nitrogens with one attached hydrogen (secondary N) is 1. The second-order valence-corrected chi connectivity index (χ2v) is 7.81. The molecule has 0 bridgehead atoms. The maximum absolute atomic E-state index is 11.9. The van der Waals surface area contributed by atoms with Crippen molar-refractivity contribution in [1.82, 2.24) is 19.8 Å². The standard InChI is InChI=1S/C22H29N5O3/c28-15-20-21(29)25-22-24-19-8-7-18(13-17(19)14-27(20)22)30-12-6-4-2-1-3-5-10-26-11-9-23-16-26/h7-9,11,13,16,20,28H,1-6,10,12,14-15H2,(H,24,25,29). The van der Waals surface area contributed by atoms with Gasteiger partial charge in [-0.3, -0.25) is 10.1 Å². The third-order valence-corrected chi connectivity index (χ3v) is 5.62. The van der Waals surface area contributed by atoms with E-state index in [2.05, 4.69) is 19.9 Å². The Kier molecular flexibility index (Phi) is 6.63. The fraction of sp³-hybridized carbons (Fsp3) is 0.500. The number of fused-ring (bicyclic) bond motifs is 2. The van der Waals surface area contributed by atoms with Gasteiger partial charge in [0.2, 0.25) is 5.96 Å². The summed E-state index contributed by atoms with van der Waals surface area (Å²) < 4.78 is 8.05. The number of imidazole rings is 1. The fourth-order valence-corrected chi connectivity index (χ4v) is 3.91. The van der Waals surface area contributed by atoms with E-state index in [1.165, 1.54) is 32.1 Å². The number of carbonyl (C=O) groups is 1.